The fraction of sp³-hybridized carbons (Fsp3) is 0.556. The van der Waals surface area contributed by atoms with E-state index in [2.05, 4.69) is 15.3 Å². The van der Waals surface area contributed by atoms with Crippen molar-refractivity contribution in [3.8, 4) is 0 Å². The van der Waals surface area contributed by atoms with E-state index in [0.29, 0.717) is 31.9 Å². The second kappa shape index (κ2) is 7.12. The lowest BCUT2D eigenvalue weighted by atomic mass is 10.2. The number of hydrogen-bond donors (Lipinski definition) is 1. The molecule has 0 unspecified atom stereocenters. The van der Waals surface area contributed by atoms with Gasteiger partial charge < -0.3 is 10.2 Å². The van der Waals surface area contributed by atoms with E-state index in [4.69, 9.17) is 0 Å². The fourth-order valence-corrected chi connectivity index (χ4v) is 4.74. The molecule has 0 atom stereocenters. The Morgan fingerprint density at radius 1 is 1.07 bits per heavy atom. The SMILES string of the molecule is CS(=O)(=O)N1CCN(c2ccc3ccc(C(=O)NC4CCCC4)nn23)CC1. The molecule has 146 valence electrons. The maximum absolute atomic E-state index is 12.5. The number of carbonyl (C=O) groups is 1. The van der Waals surface area contributed by atoms with Gasteiger partial charge in [0.1, 0.15) is 11.5 Å². The molecule has 4 rings (SSSR count). The van der Waals surface area contributed by atoms with Crippen LogP contribution in [0.1, 0.15) is 36.2 Å². The first kappa shape index (κ1) is 18.2. The number of aromatic nitrogens is 2. The molecule has 1 aliphatic carbocycles. The molecule has 0 aromatic carbocycles. The number of sulfonamides is 1. The first-order valence-corrected chi connectivity index (χ1v) is 11.3. The molecule has 1 saturated carbocycles. The summed E-state index contributed by atoms with van der Waals surface area (Å²) >= 11 is 0. The summed E-state index contributed by atoms with van der Waals surface area (Å²) in [4.78, 5) is 14.6. The third-order valence-electron chi connectivity index (χ3n) is 5.44. The molecule has 1 aliphatic heterocycles. The maximum Gasteiger partial charge on any atom is 0.271 e. The Bertz CT molecular complexity index is 941. The molecule has 8 nitrogen and oxygen atoms in total. The fourth-order valence-electron chi connectivity index (χ4n) is 3.91. The van der Waals surface area contributed by atoms with Gasteiger partial charge in [0, 0.05) is 32.2 Å². The summed E-state index contributed by atoms with van der Waals surface area (Å²) in [5.41, 5.74) is 1.31. The van der Waals surface area contributed by atoms with Gasteiger partial charge in [0.15, 0.2) is 0 Å². The van der Waals surface area contributed by atoms with Gasteiger partial charge >= 0.3 is 0 Å². The number of nitrogens with zero attached hydrogens (tertiary/aromatic N) is 4. The van der Waals surface area contributed by atoms with Gasteiger partial charge in [0.2, 0.25) is 10.0 Å². The lowest BCUT2D eigenvalue weighted by molar-refractivity contribution is 0.0931. The molecule has 27 heavy (non-hydrogen) atoms. The van der Waals surface area contributed by atoms with Crippen molar-refractivity contribution < 1.29 is 13.2 Å². The number of fused-ring (bicyclic) bond motifs is 1. The summed E-state index contributed by atoms with van der Waals surface area (Å²) in [6.07, 6.45) is 5.64. The zero-order valence-electron chi connectivity index (χ0n) is 15.5. The maximum atomic E-state index is 12.5. The quantitative estimate of drug-likeness (QED) is 0.843. The molecular formula is C18H25N5O3S. The number of piperazine rings is 1. The Hall–Kier alpha value is -2.13. The van der Waals surface area contributed by atoms with Crippen molar-refractivity contribution in [1.82, 2.24) is 19.2 Å². The number of carbonyl (C=O) groups excluding carboxylic acids is 1. The Balaban J connectivity index is 1.53. The van der Waals surface area contributed by atoms with Crippen LogP contribution in [-0.4, -0.2) is 66.7 Å². The Labute approximate surface area is 159 Å². The highest BCUT2D eigenvalue weighted by Gasteiger charge is 2.25. The number of rotatable bonds is 4. The third kappa shape index (κ3) is 3.79. The highest BCUT2D eigenvalue weighted by molar-refractivity contribution is 7.88. The summed E-state index contributed by atoms with van der Waals surface area (Å²) in [7, 11) is -3.16. The minimum absolute atomic E-state index is 0.134. The topological polar surface area (TPSA) is 87.0 Å². The molecule has 2 fully saturated rings. The van der Waals surface area contributed by atoms with Crippen LogP contribution in [0.2, 0.25) is 0 Å². The summed E-state index contributed by atoms with van der Waals surface area (Å²) in [6.45, 7) is 2.10. The molecule has 0 radical (unpaired) electrons. The van der Waals surface area contributed by atoms with Crippen LogP contribution in [0.5, 0.6) is 0 Å². The van der Waals surface area contributed by atoms with Crippen LogP contribution in [-0.2, 0) is 10.0 Å². The minimum atomic E-state index is -3.16. The third-order valence-corrected chi connectivity index (χ3v) is 6.74. The number of amides is 1. The van der Waals surface area contributed by atoms with Crippen molar-refractivity contribution in [2.45, 2.75) is 31.7 Å². The highest BCUT2D eigenvalue weighted by atomic mass is 32.2. The summed E-state index contributed by atoms with van der Waals surface area (Å²) in [5, 5.41) is 7.62. The van der Waals surface area contributed by atoms with E-state index in [1.807, 2.05) is 18.2 Å². The van der Waals surface area contributed by atoms with E-state index < -0.39 is 10.0 Å². The average molecular weight is 391 g/mol. The highest BCUT2D eigenvalue weighted by Crippen LogP contribution is 2.21. The van der Waals surface area contributed by atoms with Crippen LogP contribution in [0.15, 0.2) is 24.3 Å². The van der Waals surface area contributed by atoms with E-state index in [9.17, 15) is 13.2 Å². The molecule has 0 bridgehead atoms. The Morgan fingerprint density at radius 2 is 1.74 bits per heavy atom. The van der Waals surface area contributed by atoms with Gasteiger partial charge in [-0.2, -0.15) is 9.40 Å². The van der Waals surface area contributed by atoms with Gasteiger partial charge in [-0.05, 0) is 37.1 Å². The molecule has 9 heteroatoms. The van der Waals surface area contributed by atoms with Gasteiger partial charge in [-0.1, -0.05) is 12.8 Å². The van der Waals surface area contributed by atoms with Gasteiger partial charge in [0.25, 0.3) is 5.91 Å². The van der Waals surface area contributed by atoms with E-state index in [-0.39, 0.29) is 11.9 Å². The van der Waals surface area contributed by atoms with Crippen LogP contribution in [0.3, 0.4) is 0 Å². The Morgan fingerprint density at radius 3 is 2.41 bits per heavy atom. The van der Waals surface area contributed by atoms with Crippen molar-refractivity contribution in [3.05, 3.63) is 30.0 Å². The van der Waals surface area contributed by atoms with Crippen molar-refractivity contribution >= 4 is 27.3 Å². The molecule has 2 aromatic rings. The molecule has 3 heterocycles. The predicted molar refractivity (Wildman–Crippen MR) is 104 cm³/mol. The monoisotopic (exact) mass is 391 g/mol. The van der Waals surface area contributed by atoms with Crippen LogP contribution in [0, 0.1) is 0 Å². The van der Waals surface area contributed by atoms with E-state index in [0.717, 1.165) is 24.2 Å². The summed E-state index contributed by atoms with van der Waals surface area (Å²) in [5.74, 6) is 0.749. The normalized spacial score (nSPS) is 19.7. The lowest BCUT2D eigenvalue weighted by Crippen LogP contribution is -2.48. The molecule has 0 spiro atoms. The zero-order valence-corrected chi connectivity index (χ0v) is 16.3. The lowest BCUT2D eigenvalue weighted by Gasteiger charge is -2.34. The van der Waals surface area contributed by atoms with Gasteiger partial charge in [-0.25, -0.2) is 12.9 Å². The van der Waals surface area contributed by atoms with E-state index >= 15 is 0 Å². The van der Waals surface area contributed by atoms with Crippen LogP contribution in [0.4, 0.5) is 5.82 Å². The van der Waals surface area contributed by atoms with E-state index in [1.165, 1.54) is 23.4 Å². The number of hydrogen-bond acceptors (Lipinski definition) is 5. The predicted octanol–water partition coefficient (Wildman–Crippen LogP) is 1.09. The molecule has 1 saturated heterocycles. The van der Waals surface area contributed by atoms with Gasteiger partial charge in [0.05, 0.1) is 11.8 Å². The molecule has 2 aromatic heterocycles. The zero-order chi connectivity index (χ0) is 19.0. The standard InChI is InChI=1S/C18H25N5O3S/c1-27(25,26)22-12-10-21(11-13-22)17-9-7-15-6-8-16(20-23(15)17)18(24)19-14-4-2-3-5-14/h6-9,14H,2-5,10-13H2,1H3,(H,19,24). The van der Waals surface area contributed by atoms with Gasteiger partial charge in [-0.3, -0.25) is 4.79 Å². The van der Waals surface area contributed by atoms with Crippen LogP contribution < -0.4 is 10.2 Å². The molecule has 1 amide bonds. The largest absolute Gasteiger partial charge is 0.354 e. The van der Waals surface area contributed by atoms with Crippen molar-refractivity contribution in [2.24, 2.45) is 0 Å². The molecular weight excluding hydrogens is 366 g/mol. The van der Waals surface area contributed by atoms with Gasteiger partial charge in [-0.15, -0.1) is 0 Å². The first-order chi connectivity index (χ1) is 12.9. The second-order valence-corrected chi connectivity index (χ2v) is 9.33. The average Bonchev–Trinajstić information content (AvgIpc) is 3.30. The number of anilines is 1. The molecule has 2 aliphatic rings. The smallest absolute Gasteiger partial charge is 0.271 e. The van der Waals surface area contributed by atoms with Crippen molar-refractivity contribution in [2.75, 3.05) is 37.3 Å². The van der Waals surface area contributed by atoms with Crippen LogP contribution in [0.25, 0.3) is 5.52 Å². The van der Waals surface area contributed by atoms with Crippen LogP contribution >= 0.6 is 0 Å². The van der Waals surface area contributed by atoms with E-state index in [1.54, 1.807) is 10.6 Å². The van der Waals surface area contributed by atoms with Crippen molar-refractivity contribution in [1.29, 1.82) is 0 Å². The second-order valence-electron chi connectivity index (χ2n) is 7.35. The molecule has 1 N–H and O–H groups in total. The first-order valence-electron chi connectivity index (χ1n) is 9.41. The summed E-state index contributed by atoms with van der Waals surface area (Å²) in [6, 6.07) is 7.84. The Kier molecular flexibility index (Phi) is 4.81. The number of nitrogens with one attached hydrogen (secondary N) is 1. The van der Waals surface area contributed by atoms with Crippen molar-refractivity contribution in [3.63, 3.8) is 0 Å². The summed E-state index contributed by atoms with van der Waals surface area (Å²) < 4.78 is 26.7. The minimum Gasteiger partial charge on any atom is -0.354 e.